The average Bonchev–Trinajstić information content (AvgIpc) is 3.14. The van der Waals surface area contributed by atoms with E-state index in [4.69, 9.17) is 5.26 Å². The van der Waals surface area contributed by atoms with Crippen LogP contribution in [-0.4, -0.2) is 21.1 Å². The van der Waals surface area contributed by atoms with Crippen molar-refractivity contribution < 1.29 is 4.79 Å². The van der Waals surface area contributed by atoms with Crippen molar-refractivity contribution >= 4 is 23.4 Å². The molecule has 0 fully saturated rings. The first kappa shape index (κ1) is 15.8. The Morgan fingerprint density at radius 1 is 1.25 bits per heavy atom. The number of H-pyrrole nitrogens is 1. The molecular formula is C17H13N5OS. The first-order valence-corrected chi connectivity index (χ1v) is 8.12. The first-order chi connectivity index (χ1) is 11.8. The number of aromatic amines is 1. The maximum atomic E-state index is 12.6. The minimum Gasteiger partial charge on any atom is -0.322 e. The van der Waals surface area contributed by atoms with Crippen molar-refractivity contribution in [3.8, 4) is 6.07 Å². The van der Waals surface area contributed by atoms with Gasteiger partial charge in [0.2, 0.25) is 0 Å². The van der Waals surface area contributed by atoms with Gasteiger partial charge in [-0.3, -0.25) is 9.89 Å². The molecule has 3 rings (SSSR count). The number of aromatic nitrogens is 3. The van der Waals surface area contributed by atoms with Gasteiger partial charge in [-0.2, -0.15) is 10.4 Å². The Balaban J connectivity index is 1.75. The second kappa shape index (κ2) is 7.44. The molecule has 0 unspecified atom stereocenters. The molecule has 0 saturated heterocycles. The van der Waals surface area contributed by atoms with E-state index >= 15 is 0 Å². The van der Waals surface area contributed by atoms with Crippen LogP contribution < -0.4 is 5.32 Å². The van der Waals surface area contributed by atoms with Gasteiger partial charge in [0.1, 0.15) is 6.33 Å². The van der Waals surface area contributed by atoms with E-state index in [9.17, 15) is 4.79 Å². The number of amides is 1. The molecule has 118 valence electrons. The third-order valence-electron chi connectivity index (χ3n) is 3.27. The maximum Gasteiger partial charge on any atom is 0.255 e. The van der Waals surface area contributed by atoms with E-state index in [-0.39, 0.29) is 5.91 Å². The lowest BCUT2D eigenvalue weighted by molar-refractivity contribution is 0.102. The molecule has 1 amide bonds. The summed E-state index contributed by atoms with van der Waals surface area (Å²) in [5.74, 6) is 0.385. The minimum absolute atomic E-state index is 0.209. The van der Waals surface area contributed by atoms with Crippen molar-refractivity contribution in [2.75, 3.05) is 5.32 Å². The molecule has 0 spiro atoms. The summed E-state index contributed by atoms with van der Waals surface area (Å²) in [7, 11) is 0. The van der Waals surface area contributed by atoms with Crippen molar-refractivity contribution in [3.05, 3.63) is 71.5 Å². The van der Waals surface area contributed by atoms with E-state index in [1.54, 1.807) is 30.3 Å². The number of nitrogens with zero attached hydrogens (tertiary/aromatic N) is 3. The van der Waals surface area contributed by atoms with Crippen molar-refractivity contribution in [2.24, 2.45) is 0 Å². The predicted octanol–water partition coefficient (Wildman–Crippen LogP) is 3.22. The first-order valence-electron chi connectivity index (χ1n) is 7.14. The molecule has 0 saturated carbocycles. The largest absolute Gasteiger partial charge is 0.322 e. The van der Waals surface area contributed by atoms with Crippen LogP contribution in [0.15, 0.2) is 60.0 Å². The summed E-state index contributed by atoms with van der Waals surface area (Å²) in [5.41, 5.74) is 2.58. The van der Waals surface area contributed by atoms with Crippen molar-refractivity contribution in [2.45, 2.75) is 10.9 Å². The Labute approximate surface area is 142 Å². The molecule has 0 aliphatic heterocycles. The smallest absolute Gasteiger partial charge is 0.255 e. The number of hydrogen-bond donors (Lipinski definition) is 2. The predicted molar refractivity (Wildman–Crippen MR) is 91.5 cm³/mol. The summed E-state index contributed by atoms with van der Waals surface area (Å²) in [5, 5.41) is 19.1. The number of nitriles is 1. The average molecular weight is 335 g/mol. The van der Waals surface area contributed by atoms with Crippen LogP contribution in [0, 0.1) is 11.3 Å². The zero-order valence-electron chi connectivity index (χ0n) is 12.6. The SMILES string of the molecule is N#Cc1cccc(NC(=O)c2ccccc2CSc2ncn[nH]2)c1. The fourth-order valence-corrected chi connectivity index (χ4v) is 2.93. The van der Waals surface area contributed by atoms with Gasteiger partial charge >= 0.3 is 0 Å². The number of carbonyl (C=O) groups is 1. The molecular weight excluding hydrogens is 322 g/mol. The fraction of sp³-hybridized carbons (Fsp3) is 0.0588. The molecule has 0 atom stereocenters. The molecule has 24 heavy (non-hydrogen) atoms. The summed E-state index contributed by atoms with van der Waals surface area (Å²) in [4.78, 5) is 16.6. The van der Waals surface area contributed by atoms with Gasteiger partial charge in [-0.15, -0.1) is 0 Å². The third kappa shape index (κ3) is 3.80. The molecule has 0 aliphatic rings. The van der Waals surface area contributed by atoms with Gasteiger partial charge in [-0.1, -0.05) is 36.0 Å². The summed E-state index contributed by atoms with van der Waals surface area (Å²) in [6.07, 6.45) is 1.45. The van der Waals surface area contributed by atoms with Crippen LogP contribution in [0.25, 0.3) is 0 Å². The maximum absolute atomic E-state index is 12.6. The van der Waals surface area contributed by atoms with Gasteiger partial charge in [0.25, 0.3) is 5.91 Å². The molecule has 3 aromatic rings. The summed E-state index contributed by atoms with van der Waals surface area (Å²) >= 11 is 1.47. The highest BCUT2D eigenvalue weighted by atomic mass is 32.2. The second-order valence-electron chi connectivity index (χ2n) is 4.88. The van der Waals surface area contributed by atoms with E-state index < -0.39 is 0 Å². The van der Waals surface area contributed by atoms with Crippen molar-refractivity contribution in [3.63, 3.8) is 0 Å². The molecule has 1 aromatic heterocycles. The van der Waals surface area contributed by atoms with Crippen LogP contribution in [-0.2, 0) is 5.75 Å². The van der Waals surface area contributed by atoms with Gasteiger partial charge in [0.15, 0.2) is 5.16 Å². The molecule has 6 nitrogen and oxygen atoms in total. The highest BCUT2D eigenvalue weighted by Crippen LogP contribution is 2.22. The van der Waals surface area contributed by atoms with Crippen LogP contribution in [0.1, 0.15) is 21.5 Å². The van der Waals surface area contributed by atoms with Gasteiger partial charge in [0.05, 0.1) is 11.6 Å². The van der Waals surface area contributed by atoms with Gasteiger partial charge in [-0.05, 0) is 29.8 Å². The normalized spacial score (nSPS) is 10.1. The Morgan fingerprint density at radius 3 is 2.92 bits per heavy atom. The van der Waals surface area contributed by atoms with E-state index in [1.165, 1.54) is 18.1 Å². The molecule has 2 aromatic carbocycles. The summed E-state index contributed by atoms with van der Waals surface area (Å²) < 4.78 is 0. The fourth-order valence-electron chi connectivity index (χ4n) is 2.14. The quantitative estimate of drug-likeness (QED) is 0.698. The summed E-state index contributed by atoms with van der Waals surface area (Å²) in [6.45, 7) is 0. The number of thioether (sulfide) groups is 1. The van der Waals surface area contributed by atoms with Gasteiger partial charge < -0.3 is 5.32 Å². The number of anilines is 1. The number of benzene rings is 2. The van der Waals surface area contributed by atoms with E-state index in [2.05, 4.69) is 26.6 Å². The van der Waals surface area contributed by atoms with E-state index in [0.29, 0.717) is 27.7 Å². The van der Waals surface area contributed by atoms with Crippen molar-refractivity contribution in [1.82, 2.24) is 15.2 Å². The molecule has 0 bridgehead atoms. The van der Waals surface area contributed by atoms with Crippen molar-refractivity contribution in [1.29, 1.82) is 5.26 Å². The van der Waals surface area contributed by atoms with Crippen LogP contribution in [0.2, 0.25) is 0 Å². The molecule has 0 radical (unpaired) electrons. The van der Waals surface area contributed by atoms with E-state index in [0.717, 1.165) is 5.56 Å². The molecule has 2 N–H and O–H groups in total. The molecule has 1 heterocycles. The van der Waals surface area contributed by atoms with Crippen LogP contribution in [0.4, 0.5) is 5.69 Å². The number of hydrogen-bond acceptors (Lipinski definition) is 5. The highest BCUT2D eigenvalue weighted by Gasteiger charge is 2.12. The standard InChI is InChI=1S/C17H13N5OS/c18-9-12-4-3-6-14(8-12)21-16(23)15-7-2-1-5-13(15)10-24-17-19-11-20-22-17/h1-8,11H,10H2,(H,21,23)(H,19,20,22). The molecule has 0 aliphatic carbocycles. The Morgan fingerprint density at radius 2 is 2.12 bits per heavy atom. The second-order valence-corrected chi connectivity index (χ2v) is 5.85. The van der Waals surface area contributed by atoms with Crippen LogP contribution >= 0.6 is 11.8 Å². The summed E-state index contributed by atoms with van der Waals surface area (Å²) in [6, 6.07) is 16.3. The Hall–Kier alpha value is -3.11. The topological polar surface area (TPSA) is 94.5 Å². The number of carbonyl (C=O) groups excluding carboxylic acids is 1. The van der Waals surface area contributed by atoms with Crippen LogP contribution in [0.3, 0.4) is 0 Å². The lowest BCUT2D eigenvalue weighted by Gasteiger charge is -2.09. The zero-order valence-corrected chi connectivity index (χ0v) is 13.4. The molecule has 7 heteroatoms. The Bertz CT molecular complexity index is 886. The number of rotatable bonds is 5. The number of nitrogens with one attached hydrogen (secondary N) is 2. The third-order valence-corrected chi connectivity index (χ3v) is 4.19. The lowest BCUT2D eigenvalue weighted by Crippen LogP contribution is -2.14. The van der Waals surface area contributed by atoms with Gasteiger partial charge in [0, 0.05) is 17.0 Å². The lowest BCUT2D eigenvalue weighted by atomic mass is 10.1. The Kier molecular flexibility index (Phi) is 4.89. The zero-order chi connectivity index (χ0) is 16.8. The van der Waals surface area contributed by atoms with E-state index in [1.807, 2.05) is 18.2 Å². The van der Waals surface area contributed by atoms with Crippen LogP contribution in [0.5, 0.6) is 0 Å². The van der Waals surface area contributed by atoms with Gasteiger partial charge in [-0.25, -0.2) is 4.98 Å². The minimum atomic E-state index is -0.209. The highest BCUT2D eigenvalue weighted by molar-refractivity contribution is 7.98. The monoisotopic (exact) mass is 335 g/mol.